The van der Waals surface area contributed by atoms with E-state index in [9.17, 15) is 14.4 Å². The van der Waals surface area contributed by atoms with Crippen molar-refractivity contribution in [3.05, 3.63) is 30.1 Å². The van der Waals surface area contributed by atoms with Gasteiger partial charge in [-0.3, -0.25) is 14.5 Å². The van der Waals surface area contributed by atoms with Gasteiger partial charge in [0.25, 0.3) is 5.91 Å². The maximum absolute atomic E-state index is 12.9. The molecule has 2 aliphatic rings. The highest BCUT2D eigenvalue weighted by Crippen LogP contribution is 2.38. The molecule has 2 heterocycles. The number of hydrogen-bond donors (Lipinski definition) is 2. The lowest BCUT2D eigenvalue weighted by atomic mass is 9.73. The van der Waals surface area contributed by atoms with Crippen LogP contribution >= 0.6 is 0 Å². The predicted octanol–water partition coefficient (Wildman–Crippen LogP) is 1.69. The quantitative estimate of drug-likeness (QED) is 0.786. The number of benzene rings is 1. The Labute approximate surface area is 163 Å². The molecular weight excluding hydrogens is 358 g/mol. The van der Waals surface area contributed by atoms with E-state index in [1.165, 1.54) is 0 Å². The molecule has 2 fully saturated rings. The molecule has 148 valence electrons. The van der Waals surface area contributed by atoms with Crippen LogP contribution in [0.1, 0.15) is 38.4 Å². The molecule has 4 rings (SSSR count). The summed E-state index contributed by atoms with van der Waals surface area (Å²) >= 11 is 0. The summed E-state index contributed by atoms with van der Waals surface area (Å²) in [4.78, 5) is 43.3. The number of aryl methyl sites for hydroxylation is 1. The number of imide groups is 1. The van der Waals surface area contributed by atoms with Crippen molar-refractivity contribution in [2.45, 2.75) is 44.7 Å². The van der Waals surface area contributed by atoms with Crippen LogP contribution in [0.4, 0.5) is 4.79 Å². The van der Waals surface area contributed by atoms with Gasteiger partial charge in [-0.25, -0.2) is 9.78 Å². The highest BCUT2D eigenvalue weighted by Gasteiger charge is 2.55. The summed E-state index contributed by atoms with van der Waals surface area (Å²) in [6.07, 6.45) is 3.50. The van der Waals surface area contributed by atoms with Gasteiger partial charge in [-0.1, -0.05) is 31.9 Å². The summed E-state index contributed by atoms with van der Waals surface area (Å²) in [5.41, 5.74) is 0.998. The Bertz CT molecular complexity index is 952. The minimum atomic E-state index is -0.840. The number of carbonyl (C=O) groups is 3. The smallest absolute Gasteiger partial charge is 0.325 e. The topological polar surface area (TPSA) is 96.3 Å². The fourth-order valence-corrected chi connectivity index (χ4v) is 4.37. The Morgan fingerprint density at radius 2 is 2.11 bits per heavy atom. The van der Waals surface area contributed by atoms with Gasteiger partial charge >= 0.3 is 6.03 Å². The third-order valence-electron chi connectivity index (χ3n) is 6.13. The van der Waals surface area contributed by atoms with Crippen LogP contribution in [-0.2, 0) is 23.2 Å². The molecule has 4 amide bonds. The minimum Gasteiger partial charge on any atom is -0.347 e. The summed E-state index contributed by atoms with van der Waals surface area (Å²) in [5.74, 6) is 0.133. The molecule has 2 N–H and O–H groups in total. The molecule has 8 nitrogen and oxygen atoms in total. The van der Waals surface area contributed by atoms with Crippen LogP contribution in [0.5, 0.6) is 0 Å². The maximum Gasteiger partial charge on any atom is 0.325 e. The van der Waals surface area contributed by atoms with Gasteiger partial charge < -0.3 is 15.2 Å². The SMILES string of the molecule is C[C@H]1CCCC[C@@]12NC(=O)N(CC(=O)NCc1nc3ccccc3n1C)C2=O. The van der Waals surface area contributed by atoms with E-state index in [0.29, 0.717) is 12.2 Å². The summed E-state index contributed by atoms with van der Waals surface area (Å²) in [6.45, 7) is 1.95. The van der Waals surface area contributed by atoms with E-state index >= 15 is 0 Å². The largest absolute Gasteiger partial charge is 0.347 e. The number of fused-ring (bicyclic) bond motifs is 1. The van der Waals surface area contributed by atoms with Gasteiger partial charge in [-0.2, -0.15) is 0 Å². The Kier molecular flexibility index (Phi) is 4.56. The standard InChI is InChI=1S/C20H25N5O3/c1-13-7-5-6-10-20(13)18(27)25(19(28)23-20)12-17(26)21-11-16-22-14-8-3-4-9-15(14)24(16)2/h3-4,8-9,13H,5-7,10-12H2,1-2H3,(H,21,26)(H,23,28)/t13-,20+/m0/s1. The van der Waals surface area contributed by atoms with Gasteiger partial charge in [0, 0.05) is 7.05 Å². The average Bonchev–Trinajstić information content (AvgIpc) is 3.12. The lowest BCUT2D eigenvalue weighted by molar-refractivity contribution is -0.137. The highest BCUT2D eigenvalue weighted by molar-refractivity contribution is 6.09. The third kappa shape index (κ3) is 2.93. The van der Waals surface area contributed by atoms with Crippen LogP contribution in [0.2, 0.25) is 0 Å². The van der Waals surface area contributed by atoms with Gasteiger partial charge in [0.2, 0.25) is 5.91 Å². The number of carbonyl (C=O) groups excluding carboxylic acids is 3. The van der Waals surface area contributed by atoms with E-state index in [1.807, 2.05) is 42.8 Å². The van der Waals surface area contributed by atoms with Crippen molar-refractivity contribution in [2.75, 3.05) is 6.54 Å². The number of nitrogens with one attached hydrogen (secondary N) is 2. The molecule has 1 aromatic heterocycles. The monoisotopic (exact) mass is 383 g/mol. The minimum absolute atomic E-state index is 0.0748. The van der Waals surface area contributed by atoms with Crippen LogP contribution in [0.3, 0.4) is 0 Å². The zero-order valence-corrected chi connectivity index (χ0v) is 16.2. The first kappa shape index (κ1) is 18.5. The number of rotatable bonds is 4. The van der Waals surface area contributed by atoms with Crippen molar-refractivity contribution in [1.29, 1.82) is 0 Å². The molecule has 1 saturated carbocycles. The number of nitrogens with zero attached hydrogens (tertiary/aromatic N) is 3. The lowest BCUT2D eigenvalue weighted by Gasteiger charge is -2.36. The molecular formula is C20H25N5O3. The second-order valence-corrected chi connectivity index (χ2v) is 7.79. The summed E-state index contributed by atoms with van der Waals surface area (Å²) in [6, 6.07) is 7.25. The van der Waals surface area contributed by atoms with Crippen molar-refractivity contribution < 1.29 is 14.4 Å². The highest BCUT2D eigenvalue weighted by atomic mass is 16.2. The zero-order chi connectivity index (χ0) is 19.9. The second-order valence-electron chi connectivity index (χ2n) is 7.79. The lowest BCUT2D eigenvalue weighted by Crippen LogP contribution is -2.54. The van der Waals surface area contributed by atoms with Crippen LogP contribution in [0, 0.1) is 5.92 Å². The van der Waals surface area contributed by atoms with Crippen molar-refractivity contribution in [3.8, 4) is 0 Å². The Morgan fingerprint density at radius 3 is 2.86 bits per heavy atom. The molecule has 1 aromatic carbocycles. The number of hydrogen-bond acceptors (Lipinski definition) is 4. The average molecular weight is 383 g/mol. The number of imidazole rings is 1. The molecule has 1 saturated heterocycles. The molecule has 0 radical (unpaired) electrons. The molecule has 28 heavy (non-hydrogen) atoms. The van der Waals surface area contributed by atoms with Crippen LogP contribution < -0.4 is 10.6 Å². The molecule has 2 atom stereocenters. The van der Waals surface area contributed by atoms with Crippen molar-refractivity contribution >= 4 is 28.9 Å². The molecule has 8 heteroatoms. The van der Waals surface area contributed by atoms with Crippen molar-refractivity contribution in [2.24, 2.45) is 13.0 Å². The first-order valence-corrected chi connectivity index (χ1v) is 9.73. The molecule has 0 unspecified atom stereocenters. The summed E-state index contributed by atoms with van der Waals surface area (Å²) in [7, 11) is 1.89. The molecule has 1 spiro atoms. The van der Waals surface area contributed by atoms with Gasteiger partial charge in [-0.15, -0.1) is 0 Å². The normalized spacial score (nSPS) is 24.8. The fraction of sp³-hybridized carbons (Fsp3) is 0.500. The molecule has 2 aromatic rings. The first-order valence-electron chi connectivity index (χ1n) is 9.73. The zero-order valence-electron chi connectivity index (χ0n) is 16.2. The van der Waals surface area contributed by atoms with Crippen LogP contribution in [-0.4, -0.2) is 44.4 Å². The van der Waals surface area contributed by atoms with E-state index in [1.54, 1.807) is 0 Å². The first-order chi connectivity index (χ1) is 13.4. The van der Waals surface area contributed by atoms with Gasteiger partial charge in [-0.05, 0) is 30.9 Å². The number of urea groups is 1. The van der Waals surface area contributed by atoms with Crippen molar-refractivity contribution in [1.82, 2.24) is 25.1 Å². The van der Waals surface area contributed by atoms with E-state index in [4.69, 9.17) is 0 Å². The van der Waals surface area contributed by atoms with Gasteiger partial charge in [0.05, 0.1) is 17.6 Å². The molecule has 1 aliphatic carbocycles. The van der Waals surface area contributed by atoms with Crippen molar-refractivity contribution in [3.63, 3.8) is 0 Å². The molecule has 1 aliphatic heterocycles. The van der Waals surface area contributed by atoms with E-state index < -0.39 is 11.6 Å². The predicted molar refractivity (Wildman–Crippen MR) is 103 cm³/mol. The second kappa shape index (κ2) is 6.92. The Balaban J connectivity index is 1.41. The third-order valence-corrected chi connectivity index (χ3v) is 6.13. The fourth-order valence-electron chi connectivity index (χ4n) is 4.37. The summed E-state index contributed by atoms with van der Waals surface area (Å²) < 4.78 is 1.92. The van der Waals surface area contributed by atoms with E-state index in [0.717, 1.165) is 35.2 Å². The van der Waals surface area contributed by atoms with Crippen LogP contribution in [0.15, 0.2) is 24.3 Å². The van der Waals surface area contributed by atoms with Gasteiger partial charge in [0.15, 0.2) is 0 Å². The summed E-state index contributed by atoms with van der Waals surface area (Å²) in [5, 5.41) is 5.64. The Morgan fingerprint density at radius 1 is 1.32 bits per heavy atom. The maximum atomic E-state index is 12.9. The Hall–Kier alpha value is -2.90. The number of para-hydroxylation sites is 2. The van der Waals surface area contributed by atoms with E-state index in [-0.39, 0.29) is 30.8 Å². The molecule has 0 bridgehead atoms. The number of aromatic nitrogens is 2. The number of amides is 4. The van der Waals surface area contributed by atoms with Crippen LogP contribution in [0.25, 0.3) is 11.0 Å². The van der Waals surface area contributed by atoms with E-state index in [2.05, 4.69) is 15.6 Å². The van der Waals surface area contributed by atoms with Gasteiger partial charge in [0.1, 0.15) is 17.9 Å².